The van der Waals surface area contributed by atoms with E-state index in [0.29, 0.717) is 11.1 Å². The third-order valence-electron chi connectivity index (χ3n) is 6.55. The van der Waals surface area contributed by atoms with Crippen molar-refractivity contribution in [3.8, 4) is 5.75 Å². The van der Waals surface area contributed by atoms with E-state index in [2.05, 4.69) is 4.74 Å². The molecule has 1 aliphatic heterocycles. The van der Waals surface area contributed by atoms with Crippen molar-refractivity contribution in [3.63, 3.8) is 0 Å². The minimum absolute atomic E-state index is 0.0176. The Hall–Kier alpha value is -2.68. The number of carboxylic acids is 1. The maximum atomic E-state index is 13.7. The number of aliphatic carboxylic acids is 1. The van der Waals surface area contributed by atoms with Crippen molar-refractivity contribution in [1.82, 2.24) is 8.61 Å². The molecule has 1 aliphatic carbocycles. The van der Waals surface area contributed by atoms with Gasteiger partial charge in [0.15, 0.2) is 0 Å². The van der Waals surface area contributed by atoms with Gasteiger partial charge in [-0.05, 0) is 68.1 Å². The van der Waals surface area contributed by atoms with E-state index in [1.807, 2.05) is 0 Å². The lowest BCUT2D eigenvalue weighted by atomic mass is 10.1. The van der Waals surface area contributed by atoms with Crippen molar-refractivity contribution in [2.24, 2.45) is 5.92 Å². The van der Waals surface area contributed by atoms with Gasteiger partial charge in [-0.25, -0.2) is 16.8 Å². The molecule has 2 aromatic carbocycles. The molecular weight excluding hydrogens is 537 g/mol. The maximum absolute atomic E-state index is 13.7. The number of sulfonamides is 2. The summed E-state index contributed by atoms with van der Waals surface area (Å²) in [5.41, 5.74) is 1.12. The van der Waals surface area contributed by atoms with Crippen molar-refractivity contribution in [2.75, 3.05) is 13.1 Å². The Balaban J connectivity index is 1.57. The summed E-state index contributed by atoms with van der Waals surface area (Å²) in [5.74, 6) is -2.28. The summed E-state index contributed by atoms with van der Waals surface area (Å²) >= 11 is 0. The number of hydrogen-bond donors (Lipinski definition) is 1. The van der Waals surface area contributed by atoms with Crippen LogP contribution in [0, 0.1) is 5.92 Å². The molecule has 3 unspecified atom stereocenters. The molecule has 0 spiro atoms. The molecule has 0 radical (unpaired) electrons. The number of rotatable bonds is 6. The highest BCUT2D eigenvalue weighted by Gasteiger charge is 2.44. The summed E-state index contributed by atoms with van der Waals surface area (Å²) < 4.78 is 97.2. The quantitative estimate of drug-likeness (QED) is 0.575. The first-order chi connectivity index (χ1) is 17.1. The molecule has 1 N–H and O–H groups in total. The first-order valence-electron chi connectivity index (χ1n) is 11.3. The van der Waals surface area contributed by atoms with Crippen LogP contribution in [0.3, 0.4) is 0 Å². The molecule has 1 heterocycles. The van der Waals surface area contributed by atoms with Gasteiger partial charge in [0.25, 0.3) is 0 Å². The van der Waals surface area contributed by atoms with Crippen molar-refractivity contribution in [3.05, 3.63) is 53.6 Å². The number of ether oxygens (including phenoxy) is 1. The Morgan fingerprint density at radius 3 is 2.08 bits per heavy atom. The molecule has 2 aromatic rings. The highest BCUT2D eigenvalue weighted by molar-refractivity contribution is 7.89. The van der Waals surface area contributed by atoms with Gasteiger partial charge >= 0.3 is 12.3 Å². The molecule has 2 aliphatic rings. The average molecular weight is 563 g/mol. The Labute approximate surface area is 212 Å². The molecule has 14 heteroatoms. The van der Waals surface area contributed by atoms with E-state index >= 15 is 0 Å². The number of fused-ring (bicyclic) bond motifs is 1. The van der Waals surface area contributed by atoms with Crippen LogP contribution in [0.25, 0.3) is 0 Å². The summed E-state index contributed by atoms with van der Waals surface area (Å²) in [5, 5.41) is 9.40. The zero-order chi connectivity index (χ0) is 27.3. The van der Waals surface area contributed by atoms with E-state index in [4.69, 9.17) is 0 Å². The van der Waals surface area contributed by atoms with Crippen molar-refractivity contribution < 1.29 is 44.6 Å². The van der Waals surface area contributed by atoms with Crippen LogP contribution < -0.4 is 4.74 Å². The first kappa shape index (κ1) is 27.4. The minimum Gasteiger partial charge on any atom is -0.481 e. The minimum atomic E-state index is -4.92. The maximum Gasteiger partial charge on any atom is 0.573 e. The Kier molecular flexibility index (Phi) is 7.07. The Bertz CT molecular complexity index is 1400. The topological polar surface area (TPSA) is 121 Å². The molecule has 0 aromatic heterocycles. The third-order valence-corrected chi connectivity index (χ3v) is 10.6. The Morgan fingerprint density at radius 2 is 1.54 bits per heavy atom. The van der Waals surface area contributed by atoms with Crippen LogP contribution in [-0.2, 0) is 37.7 Å². The van der Waals surface area contributed by atoms with Gasteiger partial charge in [0, 0.05) is 25.2 Å². The zero-order valence-corrected chi connectivity index (χ0v) is 21.5. The van der Waals surface area contributed by atoms with Crippen molar-refractivity contribution >= 4 is 26.0 Å². The fourth-order valence-corrected chi connectivity index (χ4v) is 8.73. The summed E-state index contributed by atoms with van der Waals surface area (Å²) in [4.78, 5) is 11.3. The molecule has 0 amide bonds. The third kappa shape index (κ3) is 5.33. The van der Waals surface area contributed by atoms with Crippen LogP contribution in [-0.4, -0.2) is 68.1 Å². The highest BCUT2D eigenvalue weighted by Crippen LogP contribution is 2.36. The number of carboxylic acid groups (broad SMARTS) is 1. The second-order valence-electron chi connectivity index (χ2n) is 9.21. The summed E-state index contributed by atoms with van der Waals surface area (Å²) in [6.07, 6.45) is -4.59. The number of benzene rings is 2. The lowest BCUT2D eigenvalue weighted by Crippen LogP contribution is -2.59. The summed E-state index contributed by atoms with van der Waals surface area (Å²) in [6, 6.07) is 6.96. The lowest BCUT2D eigenvalue weighted by Gasteiger charge is -2.42. The van der Waals surface area contributed by atoms with Crippen LogP contribution in [0.5, 0.6) is 5.75 Å². The number of piperazine rings is 1. The van der Waals surface area contributed by atoms with E-state index in [0.717, 1.165) is 28.6 Å². The largest absolute Gasteiger partial charge is 0.573 e. The molecule has 37 heavy (non-hydrogen) atoms. The highest BCUT2D eigenvalue weighted by atomic mass is 32.2. The number of halogens is 3. The molecule has 1 fully saturated rings. The number of carbonyl (C=O) groups is 1. The van der Waals surface area contributed by atoms with Gasteiger partial charge in [0.2, 0.25) is 20.0 Å². The fourth-order valence-electron chi connectivity index (χ4n) is 5.04. The second-order valence-corrected chi connectivity index (χ2v) is 13.0. The average Bonchev–Trinajstić information content (AvgIpc) is 3.22. The van der Waals surface area contributed by atoms with Gasteiger partial charge in [-0.1, -0.05) is 12.1 Å². The smallest absolute Gasteiger partial charge is 0.481 e. The zero-order valence-electron chi connectivity index (χ0n) is 19.8. The molecule has 9 nitrogen and oxygen atoms in total. The Morgan fingerprint density at radius 1 is 0.946 bits per heavy atom. The van der Waals surface area contributed by atoms with Gasteiger partial charge in [-0.2, -0.15) is 8.61 Å². The fraction of sp³-hybridized carbons (Fsp3) is 0.435. The first-order valence-corrected chi connectivity index (χ1v) is 14.2. The van der Waals surface area contributed by atoms with Gasteiger partial charge in [0.05, 0.1) is 15.7 Å². The van der Waals surface area contributed by atoms with Crippen molar-refractivity contribution in [1.29, 1.82) is 0 Å². The van der Waals surface area contributed by atoms with Crippen LogP contribution in [0.15, 0.2) is 52.3 Å². The van der Waals surface area contributed by atoms with Crippen LogP contribution in [0.1, 0.15) is 25.0 Å². The molecule has 0 saturated carbocycles. The summed E-state index contributed by atoms with van der Waals surface area (Å²) in [6.45, 7) is 2.78. The predicted octanol–water partition coefficient (Wildman–Crippen LogP) is 2.86. The van der Waals surface area contributed by atoms with Gasteiger partial charge < -0.3 is 9.84 Å². The van der Waals surface area contributed by atoms with E-state index < -0.39 is 56.1 Å². The lowest BCUT2D eigenvalue weighted by molar-refractivity contribution is -0.274. The molecule has 1 saturated heterocycles. The van der Waals surface area contributed by atoms with Crippen LogP contribution >= 0.6 is 0 Å². The van der Waals surface area contributed by atoms with Gasteiger partial charge in [-0.3, -0.25) is 4.79 Å². The monoisotopic (exact) mass is 562 g/mol. The number of nitrogens with zero attached hydrogens (tertiary/aromatic N) is 2. The van der Waals surface area contributed by atoms with E-state index in [1.165, 1.54) is 10.4 Å². The normalized spacial score (nSPS) is 23.5. The van der Waals surface area contributed by atoms with E-state index in [1.54, 1.807) is 26.0 Å². The van der Waals surface area contributed by atoms with E-state index in [9.17, 15) is 39.9 Å². The standard InChI is InChI=1S/C23H25F3N2O7S2/c1-14-12-27(36(31,32)19-8-6-18(7-9-19)35-23(24,25)26)13-15(2)28(14)37(33,34)21-5-3-4-16-10-17(22(29)30)11-20(16)21/h3-9,14-15,17H,10-13H2,1-2H3,(H,29,30). The second kappa shape index (κ2) is 9.57. The van der Waals surface area contributed by atoms with Gasteiger partial charge in [-0.15, -0.1) is 13.2 Å². The van der Waals surface area contributed by atoms with E-state index in [-0.39, 0.29) is 35.7 Å². The molecule has 202 valence electrons. The molecular formula is C23H25F3N2O7S2. The molecule has 3 atom stereocenters. The van der Waals surface area contributed by atoms with Crippen LogP contribution in [0.4, 0.5) is 13.2 Å². The van der Waals surface area contributed by atoms with Crippen LogP contribution in [0.2, 0.25) is 0 Å². The van der Waals surface area contributed by atoms with Gasteiger partial charge in [0.1, 0.15) is 5.75 Å². The molecule has 0 bridgehead atoms. The number of hydrogen-bond acceptors (Lipinski definition) is 6. The number of alkyl halides is 3. The SMILES string of the molecule is CC1CN(S(=O)(=O)c2ccc(OC(F)(F)F)cc2)CC(C)N1S(=O)(=O)c1cccc2c1CC(C(=O)O)C2. The molecule has 4 rings (SSSR count). The predicted molar refractivity (Wildman–Crippen MR) is 125 cm³/mol. The van der Waals surface area contributed by atoms with Crippen molar-refractivity contribution in [2.45, 2.75) is 54.9 Å². The summed E-state index contributed by atoms with van der Waals surface area (Å²) in [7, 11) is -8.23.